The van der Waals surface area contributed by atoms with Crippen LogP contribution in [0.2, 0.25) is 15.1 Å². The maximum absolute atomic E-state index is 13.1. The highest BCUT2D eigenvalue weighted by atomic mass is 35.5. The van der Waals surface area contributed by atoms with Crippen LogP contribution in [0, 0.1) is 0 Å². The number of piperidine rings is 1. The van der Waals surface area contributed by atoms with Crippen LogP contribution >= 0.6 is 34.8 Å². The summed E-state index contributed by atoms with van der Waals surface area (Å²) in [7, 11) is 0. The second-order valence-electron chi connectivity index (χ2n) is 11.1. The minimum absolute atomic E-state index is 0.0130. The molecule has 0 radical (unpaired) electrons. The average molecular weight is 686 g/mol. The molecular formula is C29H26Cl3F3N6O4. The van der Waals surface area contributed by atoms with E-state index in [0.29, 0.717) is 37.4 Å². The summed E-state index contributed by atoms with van der Waals surface area (Å²) in [6.45, 7) is -1.06. The molecule has 2 aromatic heterocycles. The number of nitrogens with zero attached hydrogens (tertiary/aromatic N) is 6. The smallest absolute Gasteiger partial charge is 0.408 e. The second-order valence-corrected chi connectivity index (χ2v) is 12.3. The van der Waals surface area contributed by atoms with Gasteiger partial charge in [-0.3, -0.25) is 0 Å². The van der Waals surface area contributed by atoms with Crippen LogP contribution in [-0.2, 0) is 18.8 Å². The Labute approximate surface area is 269 Å². The summed E-state index contributed by atoms with van der Waals surface area (Å²) in [6, 6.07) is 11.2. The van der Waals surface area contributed by atoms with Gasteiger partial charge in [0.05, 0.1) is 26.4 Å². The van der Waals surface area contributed by atoms with Crippen molar-refractivity contribution >= 4 is 46.6 Å². The summed E-state index contributed by atoms with van der Waals surface area (Å²) >= 11 is 19.5. The Hall–Kier alpha value is -3.52. The van der Waals surface area contributed by atoms with Gasteiger partial charge in [0.2, 0.25) is 0 Å². The van der Waals surface area contributed by atoms with Crippen molar-refractivity contribution in [2.75, 3.05) is 18.0 Å². The zero-order chi connectivity index (χ0) is 32.1. The summed E-state index contributed by atoms with van der Waals surface area (Å²) in [5.74, 6) is -0.717. The summed E-state index contributed by atoms with van der Waals surface area (Å²) in [4.78, 5) is 13.0. The highest BCUT2D eigenvalue weighted by Gasteiger charge is 2.38. The van der Waals surface area contributed by atoms with Crippen molar-refractivity contribution in [1.82, 2.24) is 24.8 Å². The number of para-hydroxylation sites is 1. The van der Waals surface area contributed by atoms with Crippen LogP contribution in [0.4, 0.5) is 19.0 Å². The molecule has 1 saturated heterocycles. The Morgan fingerprint density at radius 2 is 1.73 bits per heavy atom. The fourth-order valence-electron chi connectivity index (χ4n) is 5.54. The lowest BCUT2D eigenvalue weighted by Crippen LogP contribution is -2.43. The summed E-state index contributed by atoms with van der Waals surface area (Å²) in [5.41, 5.74) is 0.586. The number of hydrogen-bond acceptors (Lipinski definition) is 7. The lowest BCUT2D eigenvalue weighted by atomic mass is 9.84. The Morgan fingerprint density at radius 1 is 1.04 bits per heavy atom. The van der Waals surface area contributed by atoms with Gasteiger partial charge in [-0.15, -0.1) is 5.10 Å². The van der Waals surface area contributed by atoms with E-state index in [1.54, 1.807) is 46.0 Å². The van der Waals surface area contributed by atoms with Gasteiger partial charge in [0.15, 0.2) is 5.69 Å². The maximum atomic E-state index is 13.1. The summed E-state index contributed by atoms with van der Waals surface area (Å²) < 4.78 is 47.7. The number of carboxylic acid groups (broad SMARTS) is 1. The van der Waals surface area contributed by atoms with Gasteiger partial charge in [-0.25, -0.2) is 14.2 Å². The first-order valence-corrected chi connectivity index (χ1v) is 15.1. The number of rotatable bonds is 9. The number of alkyl halides is 3. The van der Waals surface area contributed by atoms with Crippen molar-refractivity contribution in [2.45, 2.75) is 56.5 Å². The van der Waals surface area contributed by atoms with E-state index < -0.39 is 30.0 Å². The van der Waals surface area contributed by atoms with E-state index in [1.807, 2.05) is 0 Å². The molecule has 0 unspecified atom stereocenters. The molecule has 2 aliphatic rings. The SMILES string of the molecule is O=C(O)c1cc(N2CCC(O)(c3ccc(OCc4c(C5CC5)nnn4-c4c(Cl)cccc4Cl)cc3Cl)CC2)n(CC(F)(F)F)n1. The van der Waals surface area contributed by atoms with Crippen LogP contribution in [0.3, 0.4) is 0 Å². The first-order chi connectivity index (χ1) is 21.3. The van der Waals surface area contributed by atoms with Crippen molar-refractivity contribution in [1.29, 1.82) is 0 Å². The zero-order valence-electron chi connectivity index (χ0n) is 23.4. The first kappa shape index (κ1) is 31.5. The van der Waals surface area contributed by atoms with Crippen LogP contribution in [0.5, 0.6) is 5.75 Å². The molecule has 1 aliphatic carbocycles. The number of carbonyl (C=O) groups is 1. The van der Waals surface area contributed by atoms with Crippen molar-refractivity contribution in [3.8, 4) is 11.4 Å². The summed E-state index contributed by atoms with van der Waals surface area (Å²) in [6.07, 6.45) is -2.36. The normalized spacial score (nSPS) is 16.6. The Balaban J connectivity index is 1.17. The number of anilines is 1. The highest BCUT2D eigenvalue weighted by molar-refractivity contribution is 6.37. The van der Waals surface area contributed by atoms with Gasteiger partial charge in [0.1, 0.15) is 36.1 Å². The monoisotopic (exact) mass is 684 g/mol. The molecule has 0 bridgehead atoms. The fourth-order valence-corrected chi connectivity index (χ4v) is 6.44. The van der Waals surface area contributed by atoms with Gasteiger partial charge in [0, 0.05) is 30.6 Å². The molecule has 6 rings (SSSR count). The minimum Gasteiger partial charge on any atom is -0.487 e. The molecule has 4 aromatic rings. The van der Waals surface area contributed by atoms with E-state index in [0.717, 1.165) is 24.6 Å². The number of halogens is 6. The van der Waals surface area contributed by atoms with Gasteiger partial charge in [0.25, 0.3) is 0 Å². The molecule has 45 heavy (non-hydrogen) atoms. The lowest BCUT2D eigenvalue weighted by molar-refractivity contribution is -0.142. The number of benzene rings is 2. The number of aromatic nitrogens is 5. The summed E-state index contributed by atoms with van der Waals surface area (Å²) in [5, 5.41) is 34.2. The first-order valence-electron chi connectivity index (χ1n) is 14.0. The van der Waals surface area contributed by atoms with Gasteiger partial charge >= 0.3 is 12.1 Å². The predicted octanol–water partition coefficient (Wildman–Crippen LogP) is 6.63. The van der Waals surface area contributed by atoms with E-state index in [-0.39, 0.29) is 49.3 Å². The molecule has 3 heterocycles. The molecule has 16 heteroatoms. The van der Waals surface area contributed by atoms with Crippen molar-refractivity contribution in [2.24, 2.45) is 0 Å². The predicted molar refractivity (Wildman–Crippen MR) is 160 cm³/mol. The fraction of sp³-hybridized carbons (Fsp3) is 0.379. The second kappa shape index (κ2) is 12.0. The standard InChI is InChI=1S/C29H26Cl3F3N6O4/c30-19-2-1-3-20(31)26(19)41-23(25(36-38-41)16-4-5-16)14-45-17-6-7-18(21(32)12-17)28(44)8-10-39(11-9-28)24-13-22(27(42)43)37-40(24)15-29(33,34)35/h1-3,6-7,12-13,16,44H,4-5,8-11,14-15H2,(H,42,43). The van der Waals surface area contributed by atoms with E-state index in [1.165, 1.54) is 0 Å². The van der Waals surface area contributed by atoms with Crippen molar-refractivity contribution in [3.63, 3.8) is 0 Å². The van der Waals surface area contributed by atoms with Crippen molar-refractivity contribution in [3.05, 3.63) is 80.2 Å². The van der Waals surface area contributed by atoms with Gasteiger partial charge in [-0.1, -0.05) is 52.1 Å². The number of aromatic carboxylic acids is 1. The number of hydrogen-bond donors (Lipinski definition) is 2. The van der Waals surface area contributed by atoms with Crippen molar-refractivity contribution < 1.29 is 32.9 Å². The molecule has 0 atom stereocenters. The topological polar surface area (TPSA) is 119 Å². The number of aliphatic hydroxyl groups is 1. The molecular weight excluding hydrogens is 660 g/mol. The van der Waals surface area contributed by atoms with Gasteiger partial charge in [-0.05, 0) is 49.9 Å². The Morgan fingerprint density at radius 3 is 2.33 bits per heavy atom. The van der Waals surface area contributed by atoms with Crippen LogP contribution in [0.15, 0.2) is 42.5 Å². The lowest BCUT2D eigenvalue weighted by Gasteiger charge is -2.40. The Bertz CT molecular complexity index is 1730. The number of ether oxygens (including phenoxy) is 1. The minimum atomic E-state index is -4.60. The van der Waals surface area contributed by atoms with E-state index in [2.05, 4.69) is 15.4 Å². The van der Waals surface area contributed by atoms with E-state index in [4.69, 9.17) is 39.5 Å². The van der Waals surface area contributed by atoms with Crippen LogP contribution < -0.4 is 9.64 Å². The van der Waals surface area contributed by atoms with Crippen LogP contribution in [-0.4, -0.2) is 60.2 Å². The third kappa shape index (κ3) is 6.57. The van der Waals surface area contributed by atoms with Crippen LogP contribution in [0.25, 0.3) is 5.69 Å². The molecule has 238 valence electrons. The van der Waals surface area contributed by atoms with Gasteiger partial charge in [-0.2, -0.15) is 18.3 Å². The quantitative estimate of drug-likeness (QED) is 0.202. The van der Waals surface area contributed by atoms with E-state index >= 15 is 0 Å². The zero-order valence-corrected chi connectivity index (χ0v) is 25.7. The molecule has 10 nitrogen and oxygen atoms in total. The maximum Gasteiger partial charge on any atom is 0.408 e. The van der Waals surface area contributed by atoms with Crippen LogP contribution in [0.1, 0.15) is 59.0 Å². The third-order valence-corrected chi connectivity index (χ3v) is 8.87. The number of carboxylic acids is 1. The van der Waals surface area contributed by atoms with E-state index in [9.17, 15) is 28.2 Å². The largest absolute Gasteiger partial charge is 0.487 e. The molecule has 2 N–H and O–H groups in total. The molecule has 0 spiro atoms. The molecule has 2 fully saturated rings. The average Bonchev–Trinajstić information content (AvgIpc) is 3.60. The molecule has 0 amide bonds. The van der Waals surface area contributed by atoms with Gasteiger partial charge < -0.3 is 19.8 Å². The third-order valence-electron chi connectivity index (χ3n) is 7.95. The molecule has 1 aliphatic heterocycles. The Kier molecular flexibility index (Phi) is 8.40. The highest BCUT2D eigenvalue weighted by Crippen LogP contribution is 2.43. The molecule has 2 aromatic carbocycles. The molecule has 1 saturated carbocycles.